The monoisotopic (exact) mass is 364 g/mol. The van der Waals surface area contributed by atoms with Gasteiger partial charge in [-0.05, 0) is 49.8 Å². The second-order valence-electron chi connectivity index (χ2n) is 7.11. The maximum atomic E-state index is 13.5. The highest BCUT2D eigenvalue weighted by atomic mass is 35.5. The van der Waals surface area contributed by atoms with Crippen LogP contribution in [-0.2, 0) is 16.9 Å². The van der Waals surface area contributed by atoms with E-state index in [-0.39, 0.29) is 28.7 Å². The smallest absolute Gasteiger partial charge is 0.346 e. The second-order valence-corrected chi connectivity index (χ2v) is 7.51. The van der Waals surface area contributed by atoms with E-state index in [1.54, 1.807) is 17.6 Å². The Kier molecular flexibility index (Phi) is 3.72. The minimum absolute atomic E-state index is 0.0352. The number of hydrogen-bond acceptors (Lipinski definition) is 3. The van der Waals surface area contributed by atoms with Gasteiger partial charge in [-0.1, -0.05) is 17.7 Å². The SMILES string of the molecule is C[C@H](NC(=O)Cn1ncn(C23CC(C2)C3)c1=O)c1ccc(Cl)c(F)c1. The van der Waals surface area contributed by atoms with E-state index >= 15 is 0 Å². The average molecular weight is 365 g/mol. The molecule has 2 aromatic rings. The Morgan fingerprint density at radius 2 is 2.20 bits per heavy atom. The minimum Gasteiger partial charge on any atom is -0.348 e. The van der Waals surface area contributed by atoms with Crippen LogP contribution in [0.3, 0.4) is 0 Å². The molecule has 3 saturated carbocycles. The Bertz CT molecular complexity index is 889. The molecular formula is C17H18ClFN4O2. The fourth-order valence-corrected chi connectivity index (χ4v) is 3.90. The first kappa shape index (κ1) is 16.3. The molecule has 1 atom stereocenters. The summed E-state index contributed by atoms with van der Waals surface area (Å²) in [6, 6.07) is 3.98. The molecule has 3 fully saturated rings. The van der Waals surface area contributed by atoms with Gasteiger partial charge in [-0.3, -0.25) is 9.36 Å². The van der Waals surface area contributed by atoms with Crippen molar-refractivity contribution in [2.75, 3.05) is 0 Å². The number of amides is 1. The van der Waals surface area contributed by atoms with Gasteiger partial charge in [-0.15, -0.1) is 0 Å². The van der Waals surface area contributed by atoms with Crippen LogP contribution in [0.15, 0.2) is 29.3 Å². The van der Waals surface area contributed by atoms with Gasteiger partial charge in [0.2, 0.25) is 5.91 Å². The van der Waals surface area contributed by atoms with Crippen LogP contribution in [0.1, 0.15) is 37.8 Å². The van der Waals surface area contributed by atoms with E-state index in [1.807, 2.05) is 0 Å². The molecule has 5 rings (SSSR count). The van der Waals surface area contributed by atoms with Crippen molar-refractivity contribution in [3.05, 3.63) is 51.4 Å². The van der Waals surface area contributed by atoms with E-state index in [4.69, 9.17) is 11.6 Å². The first-order chi connectivity index (χ1) is 11.9. The quantitative estimate of drug-likeness (QED) is 0.884. The molecular weight excluding hydrogens is 347 g/mol. The van der Waals surface area contributed by atoms with E-state index in [0.29, 0.717) is 5.56 Å². The lowest BCUT2D eigenvalue weighted by Crippen LogP contribution is -2.61. The molecule has 1 heterocycles. The van der Waals surface area contributed by atoms with Gasteiger partial charge < -0.3 is 5.32 Å². The van der Waals surface area contributed by atoms with Gasteiger partial charge in [0, 0.05) is 0 Å². The molecule has 1 amide bonds. The normalized spacial score (nSPS) is 25.0. The molecule has 1 aromatic heterocycles. The van der Waals surface area contributed by atoms with Crippen molar-refractivity contribution in [3.8, 4) is 0 Å². The van der Waals surface area contributed by atoms with Crippen molar-refractivity contribution in [1.82, 2.24) is 19.7 Å². The van der Waals surface area contributed by atoms with Gasteiger partial charge in [-0.25, -0.2) is 13.9 Å². The van der Waals surface area contributed by atoms with Crippen LogP contribution in [0.5, 0.6) is 0 Å². The highest BCUT2D eigenvalue weighted by Gasteiger charge is 2.58. The molecule has 6 nitrogen and oxygen atoms in total. The van der Waals surface area contributed by atoms with Crippen molar-refractivity contribution in [3.63, 3.8) is 0 Å². The molecule has 0 spiro atoms. The lowest BCUT2D eigenvalue weighted by molar-refractivity contribution is -0.122. The Balaban J connectivity index is 1.42. The van der Waals surface area contributed by atoms with Gasteiger partial charge >= 0.3 is 5.69 Å². The number of carbonyl (C=O) groups is 1. The van der Waals surface area contributed by atoms with Crippen molar-refractivity contribution in [2.24, 2.45) is 5.92 Å². The van der Waals surface area contributed by atoms with E-state index in [1.165, 1.54) is 23.1 Å². The summed E-state index contributed by atoms with van der Waals surface area (Å²) in [4.78, 5) is 24.6. The summed E-state index contributed by atoms with van der Waals surface area (Å²) in [5, 5.41) is 6.84. The second kappa shape index (κ2) is 5.69. The van der Waals surface area contributed by atoms with Gasteiger partial charge in [0.1, 0.15) is 18.7 Å². The maximum Gasteiger partial charge on any atom is 0.346 e. The standard InChI is InChI=1S/C17H18ClFN4O2/c1-10(12-2-3-13(18)14(19)4-12)21-15(24)8-23-16(25)22(9-20-23)17-5-11(6-17)7-17/h2-4,9-11H,5-8H2,1H3,(H,21,24)/t10-,11?,17?/m0/s1. The molecule has 3 aliphatic carbocycles. The van der Waals surface area contributed by atoms with E-state index in [0.717, 1.165) is 25.2 Å². The molecule has 2 bridgehead atoms. The molecule has 8 heteroatoms. The Morgan fingerprint density at radius 1 is 1.48 bits per heavy atom. The Labute approximate surface area is 148 Å². The Hall–Kier alpha value is -2.15. The van der Waals surface area contributed by atoms with Crippen molar-refractivity contribution >= 4 is 17.5 Å². The van der Waals surface area contributed by atoms with Crippen molar-refractivity contribution in [2.45, 2.75) is 44.3 Å². The lowest BCUT2D eigenvalue weighted by Gasteiger charge is -2.61. The average Bonchev–Trinajstić information content (AvgIpc) is 2.80. The minimum atomic E-state index is -0.534. The molecule has 1 aromatic carbocycles. The largest absolute Gasteiger partial charge is 0.348 e. The molecule has 0 radical (unpaired) electrons. The summed E-state index contributed by atoms with van der Waals surface area (Å²) in [5.41, 5.74) is 0.297. The summed E-state index contributed by atoms with van der Waals surface area (Å²) >= 11 is 5.66. The lowest BCUT2D eigenvalue weighted by atomic mass is 9.50. The van der Waals surface area contributed by atoms with Crippen molar-refractivity contribution in [1.29, 1.82) is 0 Å². The number of halogens is 2. The third-order valence-electron chi connectivity index (χ3n) is 5.36. The number of hydrogen-bond donors (Lipinski definition) is 1. The molecule has 3 aliphatic rings. The first-order valence-corrected chi connectivity index (χ1v) is 8.65. The molecule has 0 unspecified atom stereocenters. The summed E-state index contributed by atoms with van der Waals surface area (Å²) in [6.45, 7) is 1.58. The topological polar surface area (TPSA) is 68.9 Å². The zero-order valence-corrected chi connectivity index (χ0v) is 14.5. The molecule has 25 heavy (non-hydrogen) atoms. The van der Waals surface area contributed by atoms with Gasteiger partial charge in [0.25, 0.3) is 0 Å². The number of nitrogens with one attached hydrogen (secondary N) is 1. The highest BCUT2D eigenvalue weighted by molar-refractivity contribution is 6.30. The summed E-state index contributed by atoms with van der Waals surface area (Å²) in [6.07, 6.45) is 4.63. The third kappa shape index (κ3) is 2.66. The molecule has 132 valence electrons. The van der Waals surface area contributed by atoms with Crippen LogP contribution in [0, 0.1) is 11.7 Å². The molecule has 0 aliphatic heterocycles. The highest BCUT2D eigenvalue weighted by Crippen LogP contribution is 2.61. The van der Waals surface area contributed by atoms with E-state index in [2.05, 4.69) is 10.4 Å². The van der Waals surface area contributed by atoms with Crippen LogP contribution in [0.25, 0.3) is 0 Å². The zero-order chi connectivity index (χ0) is 17.8. The van der Waals surface area contributed by atoms with Crippen LogP contribution in [0.4, 0.5) is 4.39 Å². The van der Waals surface area contributed by atoms with Crippen LogP contribution >= 0.6 is 11.6 Å². The number of aromatic nitrogens is 3. The van der Waals surface area contributed by atoms with Crippen LogP contribution in [-0.4, -0.2) is 20.3 Å². The summed E-state index contributed by atoms with van der Waals surface area (Å²) in [7, 11) is 0. The number of benzene rings is 1. The first-order valence-electron chi connectivity index (χ1n) is 8.27. The molecule has 1 N–H and O–H groups in total. The fraction of sp³-hybridized carbons (Fsp3) is 0.471. The summed E-state index contributed by atoms with van der Waals surface area (Å²) in [5.74, 6) is -0.138. The van der Waals surface area contributed by atoms with Crippen LogP contribution < -0.4 is 11.0 Å². The molecule has 0 saturated heterocycles. The van der Waals surface area contributed by atoms with Crippen LogP contribution in [0.2, 0.25) is 5.02 Å². The zero-order valence-electron chi connectivity index (χ0n) is 13.7. The van der Waals surface area contributed by atoms with Gasteiger partial charge in [0.05, 0.1) is 16.6 Å². The number of carbonyl (C=O) groups excluding carboxylic acids is 1. The fourth-order valence-electron chi connectivity index (χ4n) is 3.79. The maximum absolute atomic E-state index is 13.5. The van der Waals surface area contributed by atoms with Gasteiger partial charge in [-0.2, -0.15) is 5.10 Å². The number of rotatable bonds is 5. The third-order valence-corrected chi connectivity index (χ3v) is 5.67. The van der Waals surface area contributed by atoms with E-state index in [9.17, 15) is 14.0 Å². The van der Waals surface area contributed by atoms with Crippen molar-refractivity contribution < 1.29 is 9.18 Å². The Morgan fingerprint density at radius 3 is 2.80 bits per heavy atom. The predicted molar refractivity (Wildman–Crippen MR) is 89.8 cm³/mol. The number of nitrogens with zero attached hydrogens (tertiary/aromatic N) is 3. The predicted octanol–water partition coefficient (Wildman–Crippen LogP) is 2.22. The van der Waals surface area contributed by atoms with Gasteiger partial charge in [0.15, 0.2) is 0 Å². The van der Waals surface area contributed by atoms with E-state index < -0.39 is 11.9 Å². The summed E-state index contributed by atoms with van der Waals surface area (Å²) < 4.78 is 16.4.